The minimum absolute atomic E-state index is 0.134. The van der Waals surface area contributed by atoms with Gasteiger partial charge in [-0.1, -0.05) is 30.3 Å². The fraction of sp³-hybridized carbons (Fsp3) is 0.391. The van der Waals surface area contributed by atoms with E-state index < -0.39 is 10.0 Å². The van der Waals surface area contributed by atoms with E-state index >= 15 is 0 Å². The van der Waals surface area contributed by atoms with Crippen LogP contribution in [0, 0.1) is 0 Å². The highest BCUT2D eigenvalue weighted by molar-refractivity contribution is 7.89. The summed E-state index contributed by atoms with van der Waals surface area (Å²) in [6, 6.07) is 15.7. The minimum Gasteiger partial charge on any atom is -0.466 e. The molecule has 0 aliphatic carbocycles. The molecule has 168 valence electrons. The first-order chi connectivity index (χ1) is 14.8. The molecule has 0 aromatic heterocycles. The number of nitrogens with one attached hydrogen (secondary N) is 2. The highest BCUT2D eigenvalue weighted by Crippen LogP contribution is 2.15. The molecule has 1 amide bonds. The third kappa shape index (κ3) is 9.31. The predicted octanol–water partition coefficient (Wildman–Crippen LogP) is 3.66. The molecule has 0 radical (unpaired) electrons. The zero-order valence-electron chi connectivity index (χ0n) is 18.0. The maximum Gasteiger partial charge on any atom is 0.305 e. The Morgan fingerprint density at radius 1 is 0.935 bits per heavy atom. The van der Waals surface area contributed by atoms with E-state index in [1.165, 1.54) is 29.8 Å². The highest BCUT2D eigenvalue weighted by atomic mass is 32.2. The third-order valence-corrected chi connectivity index (χ3v) is 6.01. The molecule has 2 N–H and O–H groups in total. The van der Waals surface area contributed by atoms with Gasteiger partial charge < -0.3 is 10.1 Å². The molecular weight excluding hydrogens is 416 g/mol. The van der Waals surface area contributed by atoms with Crippen LogP contribution in [-0.4, -0.2) is 32.9 Å². The van der Waals surface area contributed by atoms with Crippen LogP contribution in [-0.2, 0) is 30.8 Å². The Kier molecular flexibility index (Phi) is 9.68. The van der Waals surface area contributed by atoms with Crippen LogP contribution < -0.4 is 10.0 Å². The van der Waals surface area contributed by atoms with Gasteiger partial charge in [-0.05, 0) is 62.9 Å². The van der Waals surface area contributed by atoms with Gasteiger partial charge in [-0.15, -0.1) is 0 Å². The van der Waals surface area contributed by atoms with E-state index in [2.05, 4.69) is 10.0 Å². The molecule has 0 aliphatic rings. The van der Waals surface area contributed by atoms with Crippen molar-refractivity contribution in [3.05, 3.63) is 60.2 Å². The maximum atomic E-state index is 12.1. The molecule has 0 saturated heterocycles. The molecule has 7 nitrogen and oxygen atoms in total. The van der Waals surface area contributed by atoms with E-state index in [4.69, 9.17) is 4.74 Å². The highest BCUT2D eigenvalue weighted by Gasteiger charge is 2.15. The summed E-state index contributed by atoms with van der Waals surface area (Å²) < 4.78 is 31.9. The molecule has 0 atom stereocenters. The molecule has 8 heteroatoms. The van der Waals surface area contributed by atoms with Crippen molar-refractivity contribution in [1.29, 1.82) is 0 Å². The Morgan fingerprint density at radius 2 is 1.61 bits per heavy atom. The van der Waals surface area contributed by atoms with E-state index in [-0.39, 0.29) is 35.7 Å². The second-order valence-corrected chi connectivity index (χ2v) is 9.23. The van der Waals surface area contributed by atoms with E-state index in [1.807, 2.05) is 30.3 Å². The van der Waals surface area contributed by atoms with Crippen LogP contribution in [0.25, 0.3) is 0 Å². The van der Waals surface area contributed by atoms with Crippen molar-refractivity contribution in [1.82, 2.24) is 4.72 Å². The Morgan fingerprint density at radius 3 is 2.26 bits per heavy atom. The third-order valence-electron chi connectivity index (χ3n) is 4.34. The number of benzene rings is 2. The van der Waals surface area contributed by atoms with E-state index in [1.54, 1.807) is 13.8 Å². The number of sulfonamides is 1. The Hall–Kier alpha value is -2.71. The number of hydrogen-bond donors (Lipinski definition) is 2. The molecule has 2 aromatic carbocycles. The molecule has 0 bridgehead atoms. The second kappa shape index (κ2) is 12.2. The number of carbonyl (C=O) groups excluding carboxylic acids is 2. The monoisotopic (exact) mass is 446 g/mol. The fourth-order valence-electron chi connectivity index (χ4n) is 2.89. The van der Waals surface area contributed by atoms with Crippen LogP contribution >= 0.6 is 0 Å². The summed E-state index contributed by atoms with van der Waals surface area (Å²) in [6.07, 6.45) is 2.35. The molecule has 0 aliphatic heterocycles. The van der Waals surface area contributed by atoms with Crippen LogP contribution in [0.5, 0.6) is 0 Å². The van der Waals surface area contributed by atoms with Gasteiger partial charge in [0, 0.05) is 24.6 Å². The van der Waals surface area contributed by atoms with Crippen LogP contribution in [0.3, 0.4) is 0 Å². The Labute approximate surface area is 184 Å². The predicted molar refractivity (Wildman–Crippen MR) is 120 cm³/mol. The smallest absolute Gasteiger partial charge is 0.305 e. The lowest BCUT2D eigenvalue weighted by Crippen LogP contribution is -2.30. The molecule has 31 heavy (non-hydrogen) atoms. The molecule has 0 fully saturated rings. The van der Waals surface area contributed by atoms with E-state index in [0.29, 0.717) is 18.7 Å². The van der Waals surface area contributed by atoms with Crippen LogP contribution in [0.4, 0.5) is 5.69 Å². The molecule has 0 spiro atoms. The van der Waals surface area contributed by atoms with Gasteiger partial charge in [0.1, 0.15) is 0 Å². The maximum absolute atomic E-state index is 12.1. The Bertz CT molecular complexity index is 942. The number of ether oxygens (including phenoxy) is 1. The van der Waals surface area contributed by atoms with Crippen molar-refractivity contribution < 1.29 is 22.7 Å². The summed E-state index contributed by atoms with van der Waals surface area (Å²) in [4.78, 5) is 24.0. The normalized spacial score (nSPS) is 11.3. The first-order valence-corrected chi connectivity index (χ1v) is 11.9. The number of rotatable bonds is 12. The summed E-state index contributed by atoms with van der Waals surface area (Å²) in [5.41, 5.74) is 1.70. The van der Waals surface area contributed by atoms with Gasteiger partial charge in [0.15, 0.2) is 0 Å². The summed E-state index contributed by atoms with van der Waals surface area (Å²) in [5.74, 6) is -0.555. The number of aryl methyl sites for hydroxylation is 1. The van der Waals surface area contributed by atoms with E-state index in [9.17, 15) is 18.0 Å². The first kappa shape index (κ1) is 24.6. The van der Waals surface area contributed by atoms with Crippen LogP contribution in [0.1, 0.15) is 45.1 Å². The van der Waals surface area contributed by atoms with Gasteiger partial charge in [0.25, 0.3) is 0 Å². The average Bonchev–Trinajstić information content (AvgIpc) is 2.71. The summed E-state index contributed by atoms with van der Waals surface area (Å²) in [5, 5.41) is 2.70. The lowest BCUT2D eigenvalue weighted by Gasteiger charge is -2.10. The zero-order valence-corrected chi connectivity index (χ0v) is 18.8. The van der Waals surface area contributed by atoms with Gasteiger partial charge in [-0.2, -0.15) is 0 Å². The van der Waals surface area contributed by atoms with E-state index in [0.717, 1.165) is 12.8 Å². The second-order valence-electron chi connectivity index (χ2n) is 7.51. The molecule has 2 rings (SSSR count). The molecule has 2 aromatic rings. The summed E-state index contributed by atoms with van der Waals surface area (Å²) >= 11 is 0. The number of hydrogen-bond acceptors (Lipinski definition) is 5. The average molecular weight is 447 g/mol. The van der Waals surface area contributed by atoms with Crippen molar-refractivity contribution in [2.75, 3.05) is 11.9 Å². The number of amides is 1. The zero-order chi connectivity index (χ0) is 22.7. The fourth-order valence-corrected chi connectivity index (χ4v) is 4.14. The minimum atomic E-state index is -3.57. The van der Waals surface area contributed by atoms with Gasteiger partial charge in [-0.25, -0.2) is 13.1 Å². The lowest BCUT2D eigenvalue weighted by molar-refractivity contribution is -0.143. The van der Waals surface area contributed by atoms with Crippen molar-refractivity contribution in [3.8, 4) is 0 Å². The van der Waals surface area contributed by atoms with Crippen molar-refractivity contribution in [3.63, 3.8) is 0 Å². The van der Waals surface area contributed by atoms with Gasteiger partial charge >= 0.3 is 5.97 Å². The molecular formula is C23H30N2O5S. The summed E-state index contributed by atoms with van der Waals surface area (Å²) in [6.45, 7) is 3.85. The summed E-state index contributed by atoms with van der Waals surface area (Å²) in [7, 11) is -3.57. The van der Waals surface area contributed by atoms with Gasteiger partial charge in [-0.3, -0.25) is 9.59 Å². The van der Waals surface area contributed by atoms with Crippen LogP contribution in [0.15, 0.2) is 59.5 Å². The lowest BCUT2D eigenvalue weighted by atomic mass is 10.1. The first-order valence-electron chi connectivity index (χ1n) is 10.4. The quantitative estimate of drug-likeness (QED) is 0.383. The SMILES string of the molecule is CC(C)NS(=O)(=O)c1ccc(NC(=O)CCCC(=O)OCCCc2ccccc2)cc1. The Balaban J connectivity index is 1.64. The van der Waals surface area contributed by atoms with Crippen LogP contribution in [0.2, 0.25) is 0 Å². The molecule has 0 heterocycles. The number of carbonyl (C=O) groups is 2. The standard InChI is InChI=1S/C23H30N2O5S/c1-18(2)25-31(28,29)21-15-13-20(14-16-21)24-22(26)11-6-12-23(27)30-17-7-10-19-8-4-3-5-9-19/h3-5,8-9,13-16,18,25H,6-7,10-12,17H2,1-2H3,(H,24,26). The number of esters is 1. The van der Waals surface area contributed by atoms with Crippen molar-refractivity contribution in [2.45, 2.75) is 56.9 Å². The van der Waals surface area contributed by atoms with Crippen molar-refractivity contribution >= 4 is 27.6 Å². The van der Waals surface area contributed by atoms with Gasteiger partial charge in [0.05, 0.1) is 11.5 Å². The van der Waals surface area contributed by atoms with Gasteiger partial charge in [0.2, 0.25) is 15.9 Å². The van der Waals surface area contributed by atoms with Crippen molar-refractivity contribution in [2.24, 2.45) is 0 Å². The largest absolute Gasteiger partial charge is 0.466 e. The topological polar surface area (TPSA) is 102 Å². The molecule has 0 unspecified atom stereocenters. The number of anilines is 1. The molecule has 0 saturated carbocycles.